The number of rotatable bonds is 5. The van der Waals surface area contributed by atoms with Gasteiger partial charge in [0.05, 0.1) is 6.42 Å². The van der Waals surface area contributed by atoms with E-state index in [2.05, 4.69) is 36.1 Å². The zero-order valence-electron chi connectivity index (χ0n) is 11.8. The van der Waals surface area contributed by atoms with Gasteiger partial charge in [0.2, 0.25) is 0 Å². The van der Waals surface area contributed by atoms with E-state index in [1.54, 1.807) is 0 Å². The highest BCUT2D eigenvalue weighted by atomic mass is 16.4. The number of nitrogens with zero attached hydrogens (tertiary/aromatic N) is 1. The molecule has 2 aromatic carbocycles. The first-order valence-corrected chi connectivity index (χ1v) is 6.62. The van der Waals surface area contributed by atoms with Crippen molar-refractivity contribution in [2.24, 2.45) is 0 Å². The fourth-order valence-corrected chi connectivity index (χ4v) is 2.22. The number of benzene rings is 2. The Labute approximate surface area is 119 Å². The molecule has 104 valence electrons. The zero-order valence-corrected chi connectivity index (χ0v) is 11.8. The molecule has 0 heterocycles. The molecule has 3 heteroatoms. The summed E-state index contributed by atoms with van der Waals surface area (Å²) in [7, 11) is 2.04. The highest BCUT2D eigenvalue weighted by Crippen LogP contribution is 2.17. The number of hydrogen-bond donors (Lipinski definition) is 1. The van der Waals surface area contributed by atoms with Gasteiger partial charge >= 0.3 is 5.97 Å². The third kappa shape index (κ3) is 3.85. The van der Waals surface area contributed by atoms with Crippen LogP contribution in [-0.4, -0.2) is 18.1 Å². The fraction of sp³-hybridized carbons (Fsp3) is 0.235. The highest BCUT2D eigenvalue weighted by Gasteiger charge is 2.04. The number of aliphatic carboxylic acids is 1. The predicted octanol–water partition coefficient (Wildman–Crippen LogP) is 3.26. The van der Waals surface area contributed by atoms with E-state index in [9.17, 15) is 4.79 Å². The average molecular weight is 269 g/mol. The fourth-order valence-electron chi connectivity index (χ4n) is 2.22. The topological polar surface area (TPSA) is 40.5 Å². The summed E-state index contributed by atoms with van der Waals surface area (Å²) in [5.74, 6) is -0.800. The van der Waals surface area contributed by atoms with E-state index in [0.717, 1.165) is 17.8 Å². The number of carboxylic acids is 1. The molecular formula is C17H19NO2. The third-order valence-corrected chi connectivity index (χ3v) is 3.23. The lowest BCUT2D eigenvalue weighted by Crippen LogP contribution is -2.16. The van der Waals surface area contributed by atoms with Gasteiger partial charge in [0.1, 0.15) is 0 Å². The summed E-state index contributed by atoms with van der Waals surface area (Å²) in [5.41, 5.74) is 4.43. The van der Waals surface area contributed by atoms with Crippen molar-refractivity contribution in [3.05, 3.63) is 65.2 Å². The number of hydrogen-bond acceptors (Lipinski definition) is 2. The van der Waals surface area contributed by atoms with Gasteiger partial charge in [-0.05, 0) is 30.2 Å². The molecule has 0 atom stereocenters. The Bertz CT molecular complexity index is 590. The van der Waals surface area contributed by atoms with Gasteiger partial charge < -0.3 is 10.0 Å². The van der Waals surface area contributed by atoms with E-state index in [1.807, 2.05) is 31.3 Å². The molecule has 0 bridgehead atoms. The van der Waals surface area contributed by atoms with Crippen molar-refractivity contribution < 1.29 is 9.90 Å². The first-order chi connectivity index (χ1) is 9.54. The first kappa shape index (κ1) is 14.1. The van der Waals surface area contributed by atoms with Gasteiger partial charge in [0.25, 0.3) is 0 Å². The second-order valence-corrected chi connectivity index (χ2v) is 5.08. The Balaban J connectivity index is 2.05. The van der Waals surface area contributed by atoms with Crippen LogP contribution in [0.2, 0.25) is 0 Å². The molecule has 0 amide bonds. The van der Waals surface area contributed by atoms with Crippen LogP contribution in [0.25, 0.3) is 0 Å². The SMILES string of the molecule is Cc1cccc(CN(C)c2ccc(CC(=O)O)cc2)c1. The number of carboxylic acid groups (broad SMARTS) is 1. The van der Waals surface area contributed by atoms with Crippen LogP contribution < -0.4 is 4.90 Å². The molecule has 0 saturated heterocycles. The second-order valence-electron chi connectivity index (χ2n) is 5.08. The van der Waals surface area contributed by atoms with Crippen molar-refractivity contribution in [1.82, 2.24) is 0 Å². The van der Waals surface area contributed by atoms with Crippen molar-refractivity contribution in [3.63, 3.8) is 0 Å². The van der Waals surface area contributed by atoms with Crippen LogP contribution in [0.5, 0.6) is 0 Å². The van der Waals surface area contributed by atoms with E-state index < -0.39 is 5.97 Å². The van der Waals surface area contributed by atoms with Gasteiger partial charge in [0.15, 0.2) is 0 Å². The lowest BCUT2D eigenvalue weighted by Gasteiger charge is -2.20. The summed E-state index contributed by atoms with van der Waals surface area (Å²) in [4.78, 5) is 12.8. The third-order valence-electron chi connectivity index (χ3n) is 3.23. The van der Waals surface area contributed by atoms with Crippen LogP contribution in [0.15, 0.2) is 48.5 Å². The van der Waals surface area contributed by atoms with Crippen molar-refractivity contribution in [2.75, 3.05) is 11.9 Å². The van der Waals surface area contributed by atoms with E-state index in [-0.39, 0.29) is 6.42 Å². The van der Waals surface area contributed by atoms with Crippen LogP contribution in [-0.2, 0) is 17.8 Å². The molecule has 0 radical (unpaired) electrons. The zero-order chi connectivity index (χ0) is 14.5. The standard InChI is InChI=1S/C17H19NO2/c1-13-4-3-5-15(10-13)12-18(2)16-8-6-14(7-9-16)11-17(19)20/h3-10H,11-12H2,1-2H3,(H,19,20). The number of aryl methyl sites for hydroxylation is 1. The number of carbonyl (C=O) groups is 1. The minimum atomic E-state index is -0.800. The lowest BCUT2D eigenvalue weighted by atomic mass is 10.1. The van der Waals surface area contributed by atoms with Gasteiger partial charge in [-0.2, -0.15) is 0 Å². The van der Waals surface area contributed by atoms with E-state index in [4.69, 9.17) is 5.11 Å². The summed E-state index contributed by atoms with van der Waals surface area (Å²) >= 11 is 0. The normalized spacial score (nSPS) is 10.3. The smallest absolute Gasteiger partial charge is 0.307 e. The Kier molecular flexibility index (Phi) is 4.41. The second kappa shape index (κ2) is 6.24. The maximum absolute atomic E-state index is 10.7. The van der Waals surface area contributed by atoms with Crippen molar-refractivity contribution in [2.45, 2.75) is 19.9 Å². The Hall–Kier alpha value is -2.29. The maximum atomic E-state index is 10.7. The quantitative estimate of drug-likeness (QED) is 0.905. The summed E-state index contributed by atoms with van der Waals surface area (Å²) in [6.45, 7) is 2.92. The van der Waals surface area contributed by atoms with E-state index >= 15 is 0 Å². The van der Waals surface area contributed by atoms with Crippen LogP contribution in [0.4, 0.5) is 5.69 Å². The van der Waals surface area contributed by atoms with Gasteiger partial charge in [0, 0.05) is 19.3 Å². The van der Waals surface area contributed by atoms with Crippen LogP contribution in [0, 0.1) is 6.92 Å². The molecule has 0 aliphatic rings. The lowest BCUT2D eigenvalue weighted by molar-refractivity contribution is -0.136. The minimum absolute atomic E-state index is 0.0713. The molecule has 2 aromatic rings. The van der Waals surface area contributed by atoms with Gasteiger partial charge in [-0.3, -0.25) is 4.79 Å². The molecule has 2 rings (SSSR count). The van der Waals surface area contributed by atoms with Gasteiger partial charge in [-0.15, -0.1) is 0 Å². The Morgan fingerprint density at radius 1 is 1.10 bits per heavy atom. The predicted molar refractivity (Wildman–Crippen MR) is 81.1 cm³/mol. The van der Waals surface area contributed by atoms with Gasteiger partial charge in [-0.1, -0.05) is 42.0 Å². The van der Waals surface area contributed by atoms with Crippen molar-refractivity contribution >= 4 is 11.7 Å². The van der Waals surface area contributed by atoms with Crippen LogP contribution in [0.1, 0.15) is 16.7 Å². The van der Waals surface area contributed by atoms with E-state index in [0.29, 0.717) is 0 Å². The van der Waals surface area contributed by atoms with Crippen molar-refractivity contribution in [3.8, 4) is 0 Å². The molecule has 0 aromatic heterocycles. The molecule has 0 spiro atoms. The molecule has 0 aliphatic heterocycles. The van der Waals surface area contributed by atoms with E-state index in [1.165, 1.54) is 11.1 Å². The summed E-state index contributed by atoms with van der Waals surface area (Å²) in [6, 6.07) is 16.1. The van der Waals surface area contributed by atoms with Crippen LogP contribution in [0.3, 0.4) is 0 Å². The number of anilines is 1. The average Bonchev–Trinajstić information content (AvgIpc) is 2.38. The molecule has 0 saturated carbocycles. The summed E-state index contributed by atoms with van der Waals surface area (Å²) < 4.78 is 0. The molecule has 0 unspecified atom stereocenters. The molecule has 0 aliphatic carbocycles. The summed E-state index contributed by atoms with van der Waals surface area (Å²) in [6.07, 6.45) is 0.0713. The van der Waals surface area contributed by atoms with Gasteiger partial charge in [-0.25, -0.2) is 0 Å². The molecule has 0 fully saturated rings. The molecule has 20 heavy (non-hydrogen) atoms. The Morgan fingerprint density at radius 3 is 2.40 bits per heavy atom. The molecule has 3 nitrogen and oxygen atoms in total. The molecular weight excluding hydrogens is 250 g/mol. The Morgan fingerprint density at radius 2 is 1.80 bits per heavy atom. The summed E-state index contributed by atoms with van der Waals surface area (Å²) in [5, 5.41) is 8.76. The van der Waals surface area contributed by atoms with Crippen molar-refractivity contribution in [1.29, 1.82) is 0 Å². The first-order valence-electron chi connectivity index (χ1n) is 6.62. The minimum Gasteiger partial charge on any atom is -0.481 e. The highest BCUT2D eigenvalue weighted by molar-refractivity contribution is 5.70. The monoisotopic (exact) mass is 269 g/mol. The molecule has 1 N–H and O–H groups in total. The largest absolute Gasteiger partial charge is 0.481 e. The maximum Gasteiger partial charge on any atom is 0.307 e. The van der Waals surface area contributed by atoms with Crippen LogP contribution >= 0.6 is 0 Å².